The van der Waals surface area contributed by atoms with E-state index in [1.54, 1.807) is 0 Å². The molecule has 0 fully saturated rings. The van der Waals surface area contributed by atoms with Crippen LogP contribution < -0.4 is 9.80 Å². The number of nitrogens with zero attached hydrogens (tertiary/aromatic N) is 2. The summed E-state index contributed by atoms with van der Waals surface area (Å²) < 4.78 is 2.61. The summed E-state index contributed by atoms with van der Waals surface area (Å²) in [5, 5.41) is 5.20. The highest BCUT2D eigenvalue weighted by Gasteiger charge is 2.48. The quantitative estimate of drug-likeness (QED) is 0.172. The summed E-state index contributed by atoms with van der Waals surface area (Å²) in [6.45, 7) is 7.16. The highest BCUT2D eigenvalue weighted by atomic mass is 32.1. The van der Waals surface area contributed by atoms with Crippen LogP contribution in [-0.4, -0.2) is 6.04 Å². The Bertz CT molecular complexity index is 3230. The van der Waals surface area contributed by atoms with Crippen LogP contribution in [0.15, 0.2) is 194 Å². The van der Waals surface area contributed by atoms with E-state index < -0.39 is 0 Å². The van der Waals surface area contributed by atoms with E-state index in [4.69, 9.17) is 0 Å². The fourth-order valence-corrected chi connectivity index (χ4v) is 11.7. The lowest BCUT2D eigenvalue weighted by molar-refractivity contribution is 0.556. The van der Waals surface area contributed by atoms with Gasteiger partial charge in [0.25, 0.3) is 0 Å². The Morgan fingerprint density at radius 2 is 1.22 bits per heavy atom. The predicted octanol–water partition coefficient (Wildman–Crippen LogP) is 15.4. The second kappa shape index (κ2) is 12.7. The zero-order chi connectivity index (χ0) is 39.5. The van der Waals surface area contributed by atoms with Crippen molar-refractivity contribution >= 4 is 76.3 Å². The zero-order valence-electron chi connectivity index (χ0n) is 33.4. The summed E-state index contributed by atoms with van der Waals surface area (Å²) in [5.74, 6) is 0. The monoisotopic (exact) mass is 774 g/mol. The van der Waals surface area contributed by atoms with Gasteiger partial charge < -0.3 is 9.80 Å². The number of anilines is 5. The molecule has 1 aromatic heterocycles. The van der Waals surface area contributed by atoms with Crippen LogP contribution in [0.5, 0.6) is 0 Å². The molecule has 0 radical (unpaired) electrons. The van der Waals surface area contributed by atoms with Crippen molar-refractivity contribution in [2.24, 2.45) is 0 Å². The number of benzene rings is 8. The first-order valence-electron chi connectivity index (χ1n) is 20.7. The van der Waals surface area contributed by atoms with Gasteiger partial charge >= 0.3 is 0 Å². The van der Waals surface area contributed by atoms with E-state index in [0.29, 0.717) is 0 Å². The van der Waals surface area contributed by atoms with Gasteiger partial charge in [-0.2, -0.15) is 0 Å². The first kappa shape index (κ1) is 34.4. The van der Waals surface area contributed by atoms with Crippen LogP contribution in [0.1, 0.15) is 43.0 Å². The molecule has 2 aliphatic carbocycles. The van der Waals surface area contributed by atoms with Crippen molar-refractivity contribution in [3.8, 4) is 11.1 Å². The van der Waals surface area contributed by atoms with E-state index in [1.807, 2.05) is 11.3 Å². The van der Waals surface area contributed by atoms with Gasteiger partial charge in [0.2, 0.25) is 0 Å². The second-order valence-corrected chi connectivity index (χ2v) is 18.2. The van der Waals surface area contributed by atoms with Crippen molar-refractivity contribution in [2.45, 2.75) is 37.6 Å². The average Bonchev–Trinajstić information content (AvgIpc) is 3.86. The Kier molecular flexibility index (Phi) is 7.37. The molecule has 1 aliphatic heterocycles. The lowest BCUT2D eigenvalue weighted by Crippen LogP contribution is -2.39. The van der Waals surface area contributed by atoms with E-state index in [9.17, 15) is 0 Å². The molecule has 2 heterocycles. The first-order chi connectivity index (χ1) is 28.9. The Hall–Kier alpha value is -6.68. The summed E-state index contributed by atoms with van der Waals surface area (Å²) in [4.78, 5) is 4.97. The third kappa shape index (κ3) is 5.04. The van der Waals surface area contributed by atoms with E-state index in [1.165, 1.54) is 87.0 Å². The number of hydrogen-bond acceptors (Lipinski definition) is 3. The molecule has 2 atom stereocenters. The van der Waals surface area contributed by atoms with Gasteiger partial charge in [-0.25, -0.2) is 0 Å². The van der Waals surface area contributed by atoms with Crippen molar-refractivity contribution < 1.29 is 0 Å². The minimum Gasteiger partial charge on any atom is -0.333 e. The number of hydrogen-bond donors (Lipinski definition) is 0. The van der Waals surface area contributed by atoms with Gasteiger partial charge in [-0.15, -0.1) is 11.3 Å². The van der Waals surface area contributed by atoms with Gasteiger partial charge in [-0.3, -0.25) is 0 Å². The third-order valence-corrected chi connectivity index (χ3v) is 14.6. The maximum absolute atomic E-state index is 2.55. The van der Waals surface area contributed by atoms with E-state index in [0.717, 1.165) is 11.4 Å². The Balaban J connectivity index is 0.984. The summed E-state index contributed by atoms with van der Waals surface area (Å²) in [7, 11) is 0. The molecular weight excluding hydrogens is 733 g/mol. The molecule has 282 valence electrons. The van der Waals surface area contributed by atoms with Crippen LogP contribution in [0.4, 0.5) is 28.4 Å². The molecular formula is C56H42N2S. The van der Waals surface area contributed by atoms with Crippen LogP contribution in [-0.2, 0) is 10.8 Å². The smallest absolute Gasteiger partial charge is 0.0655 e. The van der Waals surface area contributed by atoms with E-state index >= 15 is 0 Å². The fourth-order valence-electron chi connectivity index (χ4n) is 10.6. The van der Waals surface area contributed by atoms with Gasteiger partial charge in [0.05, 0.1) is 6.04 Å². The number of allylic oxidation sites excluding steroid dienone is 2. The second-order valence-electron chi connectivity index (χ2n) is 17.1. The molecule has 2 nitrogen and oxygen atoms in total. The van der Waals surface area contributed by atoms with Gasteiger partial charge in [-0.1, -0.05) is 135 Å². The number of thiophene rings is 1. The molecule has 12 rings (SSSR count). The molecule has 3 heteroatoms. The molecule has 0 N–H and O–H groups in total. The predicted molar refractivity (Wildman–Crippen MR) is 252 cm³/mol. The Morgan fingerprint density at radius 3 is 2.07 bits per heavy atom. The normalized spacial score (nSPS) is 18.5. The molecule has 0 saturated heterocycles. The highest BCUT2D eigenvalue weighted by Crippen LogP contribution is 2.56. The first-order valence-corrected chi connectivity index (χ1v) is 21.5. The molecule has 0 saturated carbocycles. The van der Waals surface area contributed by atoms with Gasteiger partial charge in [0.1, 0.15) is 0 Å². The fraction of sp³-hybridized carbons (Fsp3) is 0.107. The maximum Gasteiger partial charge on any atom is 0.0655 e. The van der Waals surface area contributed by atoms with E-state index in [2.05, 4.69) is 225 Å². The number of rotatable bonds is 5. The topological polar surface area (TPSA) is 6.48 Å². The molecule has 0 spiro atoms. The largest absolute Gasteiger partial charge is 0.333 e. The molecule has 3 aliphatic rings. The van der Waals surface area contributed by atoms with Crippen molar-refractivity contribution in [1.29, 1.82) is 0 Å². The van der Waals surface area contributed by atoms with Gasteiger partial charge in [-0.05, 0) is 129 Å². The van der Waals surface area contributed by atoms with Crippen molar-refractivity contribution in [3.05, 3.63) is 216 Å². The molecule has 0 amide bonds. The summed E-state index contributed by atoms with van der Waals surface area (Å²) in [5.41, 5.74) is 15.0. The molecule has 59 heavy (non-hydrogen) atoms. The van der Waals surface area contributed by atoms with Crippen molar-refractivity contribution in [3.63, 3.8) is 0 Å². The van der Waals surface area contributed by atoms with Crippen LogP contribution in [0, 0.1) is 0 Å². The molecule has 0 bridgehead atoms. The average molecular weight is 775 g/mol. The summed E-state index contributed by atoms with van der Waals surface area (Å²) in [6, 6.07) is 65.5. The van der Waals surface area contributed by atoms with E-state index in [-0.39, 0.29) is 16.9 Å². The Labute approximate surface area is 349 Å². The minimum absolute atomic E-state index is 0.0823. The summed E-state index contributed by atoms with van der Waals surface area (Å²) in [6.07, 6.45) is 7.36. The third-order valence-electron chi connectivity index (χ3n) is 13.4. The Morgan fingerprint density at radius 1 is 0.542 bits per heavy atom. The van der Waals surface area contributed by atoms with Crippen molar-refractivity contribution in [2.75, 3.05) is 9.80 Å². The SMILES string of the molecule is CC1(C)c2ccccc2-c2ccc(N(c3ccccc3)c3ccc4sc5ccc(C6=CC7(C)c8c(ccc9ccccc89)N(c8ccccc8)C7C=C6)cc5c4c3)cc21. The lowest BCUT2D eigenvalue weighted by Gasteiger charge is -2.36. The molecule has 9 aromatic rings. The minimum atomic E-state index is -0.239. The zero-order valence-corrected chi connectivity index (χ0v) is 34.2. The summed E-state index contributed by atoms with van der Waals surface area (Å²) >= 11 is 1.88. The number of para-hydroxylation sites is 2. The standard InChI is InChI=1S/C56H42N2S/c1-55(2)48-21-13-12-20-44(48)45-27-25-42(34-49(45)55)57(39-15-6-4-7-16-39)41-26-30-52-47(33-41)46-32-37(23-29-51(46)59-52)38-24-31-53-56(3,35-38)54-43-19-11-10-14-36(43)22-28-50(54)58(53)40-17-8-5-9-18-40/h4-35,53H,1-3H3. The van der Waals surface area contributed by atoms with Crippen LogP contribution in [0.25, 0.3) is 47.6 Å². The maximum atomic E-state index is 2.55. The highest BCUT2D eigenvalue weighted by molar-refractivity contribution is 7.25. The van der Waals surface area contributed by atoms with Crippen LogP contribution in [0.2, 0.25) is 0 Å². The van der Waals surface area contributed by atoms with Crippen LogP contribution in [0.3, 0.4) is 0 Å². The van der Waals surface area contributed by atoms with Crippen molar-refractivity contribution in [1.82, 2.24) is 0 Å². The van der Waals surface area contributed by atoms with Crippen LogP contribution >= 0.6 is 11.3 Å². The lowest BCUT2D eigenvalue weighted by atomic mass is 9.72. The number of fused-ring (bicyclic) bond motifs is 11. The molecule has 8 aromatic carbocycles. The van der Waals surface area contributed by atoms with Gasteiger partial charge in [0, 0.05) is 59.4 Å². The van der Waals surface area contributed by atoms with Gasteiger partial charge in [0.15, 0.2) is 0 Å². The molecule has 2 unspecified atom stereocenters.